The van der Waals surface area contributed by atoms with Crippen LogP contribution in [0.25, 0.3) is 6.08 Å². The predicted molar refractivity (Wildman–Crippen MR) is 86.0 cm³/mol. The SMILES string of the molecule is C[C@@H](OC(=O)/C=C/c1ccc(Br)o1)C(=O)Nc1ccc(F)cc1. The molecule has 5 nitrogen and oxygen atoms in total. The van der Waals surface area contributed by atoms with E-state index in [1.165, 1.54) is 37.3 Å². The molecule has 0 saturated carbocycles. The van der Waals surface area contributed by atoms with Crippen LogP contribution < -0.4 is 5.32 Å². The van der Waals surface area contributed by atoms with Crippen LogP contribution >= 0.6 is 15.9 Å². The first-order valence-corrected chi connectivity index (χ1v) is 7.44. The molecule has 0 aliphatic rings. The lowest BCUT2D eigenvalue weighted by Crippen LogP contribution is -2.29. The molecule has 1 heterocycles. The number of hydrogen-bond acceptors (Lipinski definition) is 4. The highest BCUT2D eigenvalue weighted by atomic mass is 79.9. The van der Waals surface area contributed by atoms with Gasteiger partial charge in [-0.3, -0.25) is 4.79 Å². The highest BCUT2D eigenvalue weighted by Crippen LogP contribution is 2.15. The summed E-state index contributed by atoms with van der Waals surface area (Å²) in [5.41, 5.74) is 0.412. The average molecular weight is 382 g/mol. The molecule has 1 aromatic carbocycles. The Morgan fingerprint density at radius 3 is 2.57 bits per heavy atom. The van der Waals surface area contributed by atoms with Gasteiger partial charge in [-0.25, -0.2) is 9.18 Å². The molecule has 0 saturated heterocycles. The van der Waals surface area contributed by atoms with Crippen molar-refractivity contribution in [3.8, 4) is 0 Å². The van der Waals surface area contributed by atoms with Crippen LogP contribution in [0.1, 0.15) is 12.7 Å². The topological polar surface area (TPSA) is 68.5 Å². The number of carbonyl (C=O) groups excluding carboxylic acids is 2. The van der Waals surface area contributed by atoms with Crippen molar-refractivity contribution in [2.45, 2.75) is 13.0 Å². The second-order valence-electron chi connectivity index (χ2n) is 4.55. The van der Waals surface area contributed by atoms with Crippen LogP contribution in [-0.4, -0.2) is 18.0 Å². The molecule has 0 radical (unpaired) electrons. The maximum Gasteiger partial charge on any atom is 0.331 e. The summed E-state index contributed by atoms with van der Waals surface area (Å²) in [4.78, 5) is 23.5. The minimum atomic E-state index is -0.999. The van der Waals surface area contributed by atoms with Gasteiger partial charge in [0.1, 0.15) is 11.6 Å². The summed E-state index contributed by atoms with van der Waals surface area (Å²) in [6.07, 6.45) is 1.59. The highest BCUT2D eigenvalue weighted by Gasteiger charge is 2.16. The Bertz CT molecular complexity index is 724. The number of ether oxygens (including phenoxy) is 1. The van der Waals surface area contributed by atoms with E-state index in [1.807, 2.05) is 0 Å². The van der Waals surface area contributed by atoms with Gasteiger partial charge in [-0.2, -0.15) is 0 Å². The molecule has 0 fully saturated rings. The summed E-state index contributed by atoms with van der Waals surface area (Å²) in [6, 6.07) is 8.61. The zero-order valence-corrected chi connectivity index (χ0v) is 13.7. The van der Waals surface area contributed by atoms with Crippen molar-refractivity contribution >= 4 is 39.6 Å². The molecule has 1 aromatic heterocycles. The van der Waals surface area contributed by atoms with Crippen LogP contribution in [-0.2, 0) is 14.3 Å². The van der Waals surface area contributed by atoms with Crippen molar-refractivity contribution < 1.29 is 23.1 Å². The first kappa shape index (κ1) is 17.0. The van der Waals surface area contributed by atoms with Gasteiger partial charge in [0.15, 0.2) is 10.8 Å². The summed E-state index contributed by atoms with van der Waals surface area (Å²) in [5, 5.41) is 2.52. The van der Waals surface area contributed by atoms with Crippen LogP contribution in [0.4, 0.5) is 10.1 Å². The molecular weight excluding hydrogens is 369 g/mol. The lowest BCUT2D eigenvalue weighted by atomic mass is 10.3. The maximum absolute atomic E-state index is 12.8. The third-order valence-corrected chi connectivity index (χ3v) is 3.18. The molecule has 2 rings (SSSR count). The summed E-state index contributed by atoms with van der Waals surface area (Å²) in [7, 11) is 0. The molecule has 1 N–H and O–H groups in total. The highest BCUT2D eigenvalue weighted by molar-refractivity contribution is 9.10. The van der Waals surface area contributed by atoms with Gasteiger partial charge >= 0.3 is 5.97 Å². The predicted octanol–water partition coefficient (Wildman–Crippen LogP) is 3.76. The molecule has 7 heteroatoms. The van der Waals surface area contributed by atoms with Crippen molar-refractivity contribution in [2.75, 3.05) is 5.32 Å². The lowest BCUT2D eigenvalue weighted by molar-refractivity contribution is -0.148. The van der Waals surface area contributed by atoms with Crippen LogP contribution in [0.3, 0.4) is 0 Å². The maximum atomic E-state index is 12.8. The quantitative estimate of drug-likeness (QED) is 0.632. The molecule has 0 spiro atoms. The average Bonchev–Trinajstić information content (AvgIpc) is 2.93. The fraction of sp³-hybridized carbons (Fsp3) is 0.125. The smallest absolute Gasteiger partial charge is 0.331 e. The van der Waals surface area contributed by atoms with Crippen molar-refractivity contribution in [1.82, 2.24) is 0 Å². The van der Waals surface area contributed by atoms with Gasteiger partial charge in [-0.05, 0) is 65.3 Å². The first-order chi connectivity index (χ1) is 10.9. The molecule has 120 valence electrons. The summed E-state index contributed by atoms with van der Waals surface area (Å²) < 4.78 is 23.5. The van der Waals surface area contributed by atoms with Crippen molar-refractivity contribution in [3.05, 3.63) is 58.7 Å². The van der Waals surface area contributed by atoms with Gasteiger partial charge in [-0.15, -0.1) is 0 Å². The van der Waals surface area contributed by atoms with Gasteiger partial charge in [0.05, 0.1) is 0 Å². The van der Waals surface area contributed by atoms with Crippen molar-refractivity contribution in [3.63, 3.8) is 0 Å². The molecule has 1 atom stereocenters. The van der Waals surface area contributed by atoms with Crippen LogP contribution in [0.15, 0.2) is 51.6 Å². The van der Waals surface area contributed by atoms with Gasteiger partial charge in [0, 0.05) is 11.8 Å². The fourth-order valence-corrected chi connectivity index (χ4v) is 1.93. The Morgan fingerprint density at radius 1 is 1.26 bits per heavy atom. The molecule has 0 unspecified atom stereocenters. The van der Waals surface area contributed by atoms with E-state index in [4.69, 9.17) is 9.15 Å². The van der Waals surface area contributed by atoms with Gasteiger partial charge in [0.25, 0.3) is 5.91 Å². The van der Waals surface area contributed by atoms with Crippen LogP contribution in [0.2, 0.25) is 0 Å². The Labute approximate surface area is 140 Å². The lowest BCUT2D eigenvalue weighted by Gasteiger charge is -2.12. The van der Waals surface area contributed by atoms with E-state index in [9.17, 15) is 14.0 Å². The van der Waals surface area contributed by atoms with Crippen molar-refractivity contribution in [2.24, 2.45) is 0 Å². The first-order valence-electron chi connectivity index (χ1n) is 6.64. The minimum absolute atomic E-state index is 0.405. The Hall–Kier alpha value is -2.41. The Kier molecular flexibility index (Phi) is 5.70. The summed E-state index contributed by atoms with van der Waals surface area (Å²) in [5.74, 6) is -1.13. The van der Waals surface area contributed by atoms with Gasteiger partial charge in [0.2, 0.25) is 0 Å². The van der Waals surface area contributed by atoms with E-state index in [-0.39, 0.29) is 0 Å². The molecular formula is C16H13BrFNO4. The molecule has 0 bridgehead atoms. The second-order valence-corrected chi connectivity index (χ2v) is 5.33. The van der Waals surface area contributed by atoms with E-state index in [0.29, 0.717) is 16.1 Å². The number of carbonyl (C=O) groups is 2. The van der Waals surface area contributed by atoms with E-state index in [2.05, 4.69) is 21.2 Å². The number of benzene rings is 1. The fourth-order valence-electron chi connectivity index (χ4n) is 1.61. The van der Waals surface area contributed by atoms with Crippen LogP contribution in [0.5, 0.6) is 0 Å². The zero-order chi connectivity index (χ0) is 16.8. The minimum Gasteiger partial charge on any atom is -0.450 e. The monoisotopic (exact) mass is 381 g/mol. The zero-order valence-electron chi connectivity index (χ0n) is 12.1. The third kappa shape index (κ3) is 5.37. The van der Waals surface area contributed by atoms with Crippen LogP contribution in [0, 0.1) is 5.82 Å². The number of anilines is 1. The molecule has 2 aromatic rings. The van der Waals surface area contributed by atoms with Gasteiger partial charge < -0.3 is 14.5 Å². The number of halogens is 2. The van der Waals surface area contributed by atoms with E-state index >= 15 is 0 Å². The number of esters is 1. The van der Waals surface area contributed by atoms with Gasteiger partial charge in [-0.1, -0.05) is 0 Å². The van der Waals surface area contributed by atoms with E-state index in [0.717, 1.165) is 6.08 Å². The number of hydrogen-bond donors (Lipinski definition) is 1. The second kappa shape index (κ2) is 7.73. The van der Waals surface area contributed by atoms with Crippen molar-refractivity contribution in [1.29, 1.82) is 0 Å². The molecule has 0 aliphatic heterocycles. The number of nitrogens with one attached hydrogen (secondary N) is 1. The Balaban J connectivity index is 1.86. The van der Waals surface area contributed by atoms with E-state index < -0.39 is 23.8 Å². The largest absolute Gasteiger partial charge is 0.450 e. The standard InChI is InChI=1S/C16H13BrFNO4/c1-10(16(21)19-12-4-2-11(18)3-5-12)22-15(20)9-7-13-6-8-14(17)23-13/h2-10H,1H3,(H,19,21)/b9-7+/t10-/m1/s1. The number of furan rings is 1. The molecule has 0 aliphatic carbocycles. The summed E-state index contributed by atoms with van der Waals surface area (Å²) >= 11 is 3.14. The third-order valence-electron chi connectivity index (χ3n) is 2.75. The normalized spacial score (nSPS) is 12.1. The van der Waals surface area contributed by atoms with E-state index in [1.54, 1.807) is 12.1 Å². The Morgan fingerprint density at radius 2 is 1.96 bits per heavy atom. The number of amides is 1. The number of rotatable bonds is 5. The summed E-state index contributed by atoms with van der Waals surface area (Å²) in [6.45, 7) is 1.44. The molecule has 23 heavy (non-hydrogen) atoms. The molecule has 1 amide bonds.